The lowest BCUT2D eigenvalue weighted by molar-refractivity contribution is -0.125. The Hall–Kier alpha value is -3.76. The fraction of sp³-hybridized carbons (Fsp3) is 0.333. The first kappa shape index (κ1) is 29.2. The molecule has 1 amide bonds. The van der Waals surface area contributed by atoms with Crippen molar-refractivity contribution < 1.29 is 27.5 Å². The summed E-state index contributed by atoms with van der Waals surface area (Å²) in [5.74, 6) is -2.75. The molecule has 1 aliphatic heterocycles. The Labute approximate surface area is 234 Å². The number of rotatable bonds is 10. The Morgan fingerprint density at radius 2 is 1.60 bits per heavy atom. The second kappa shape index (κ2) is 12.6. The average Bonchev–Trinajstić information content (AvgIpc) is 2.96. The first-order chi connectivity index (χ1) is 19.1. The maximum absolute atomic E-state index is 14.5. The molecule has 3 aromatic carbocycles. The van der Waals surface area contributed by atoms with Crippen molar-refractivity contribution >= 4 is 27.6 Å². The number of anilines is 1. The number of aromatic carboxylic acids is 1. The largest absolute Gasteiger partial charge is 0.478 e. The summed E-state index contributed by atoms with van der Waals surface area (Å²) in [6.45, 7) is 4.47. The summed E-state index contributed by atoms with van der Waals surface area (Å²) in [7, 11) is -4.01. The van der Waals surface area contributed by atoms with Gasteiger partial charge in [-0.25, -0.2) is 17.6 Å². The first-order valence-corrected chi connectivity index (χ1v) is 14.8. The van der Waals surface area contributed by atoms with Crippen molar-refractivity contribution in [2.75, 3.05) is 24.5 Å². The van der Waals surface area contributed by atoms with Gasteiger partial charge in [0.25, 0.3) is 0 Å². The summed E-state index contributed by atoms with van der Waals surface area (Å²) in [6, 6.07) is 17.2. The lowest BCUT2D eigenvalue weighted by Crippen LogP contribution is -2.60. The molecule has 0 unspecified atom stereocenters. The van der Waals surface area contributed by atoms with E-state index in [-0.39, 0.29) is 31.1 Å². The highest BCUT2D eigenvalue weighted by molar-refractivity contribution is 7.89. The van der Waals surface area contributed by atoms with Crippen molar-refractivity contribution in [3.63, 3.8) is 0 Å². The molecule has 8 nitrogen and oxygen atoms in total. The summed E-state index contributed by atoms with van der Waals surface area (Å²) in [6.07, 6.45) is 2.76. The number of benzene rings is 3. The van der Waals surface area contributed by atoms with E-state index in [0.717, 1.165) is 36.5 Å². The van der Waals surface area contributed by atoms with Crippen molar-refractivity contribution in [3.8, 4) is 0 Å². The number of hydrogen-bond acceptors (Lipinski definition) is 5. The molecule has 1 atom stereocenters. The molecule has 40 heavy (non-hydrogen) atoms. The van der Waals surface area contributed by atoms with E-state index >= 15 is 0 Å². The number of aryl methyl sites for hydroxylation is 2. The van der Waals surface area contributed by atoms with E-state index in [9.17, 15) is 22.4 Å². The van der Waals surface area contributed by atoms with Crippen LogP contribution in [0, 0.1) is 5.82 Å². The topological polar surface area (TPSA) is 107 Å². The molecule has 0 aliphatic carbocycles. The zero-order valence-electron chi connectivity index (χ0n) is 22.6. The monoisotopic (exact) mass is 567 g/mol. The van der Waals surface area contributed by atoms with Crippen LogP contribution in [-0.2, 0) is 34.2 Å². The number of hydrogen-bond donors (Lipinski definition) is 2. The molecule has 0 radical (unpaired) electrons. The summed E-state index contributed by atoms with van der Waals surface area (Å²) in [5.41, 5.74) is 3.00. The van der Waals surface area contributed by atoms with Crippen LogP contribution in [0.5, 0.6) is 0 Å². The van der Waals surface area contributed by atoms with E-state index in [1.807, 2.05) is 31.2 Å². The molecule has 3 aromatic rings. The zero-order valence-corrected chi connectivity index (χ0v) is 23.5. The Balaban J connectivity index is 1.59. The third-order valence-electron chi connectivity index (χ3n) is 7.15. The number of carboxylic acids is 1. The van der Waals surface area contributed by atoms with Crippen LogP contribution in [0.25, 0.3) is 0 Å². The molecule has 4 rings (SSSR count). The highest BCUT2D eigenvalue weighted by atomic mass is 32.2. The lowest BCUT2D eigenvalue weighted by Gasteiger charge is -2.40. The number of carbonyl (C=O) groups excluding carboxylic acids is 1. The molecule has 10 heteroatoms. The predicted octanol–water partition coefficient (Wildman–Crippen LogP) is 4.23. The summed E-state index contributed by atoms with van der Waals surface area (Å²) in [5, 5.41) is 12.0. The molecule has 0 aromatic heterocycles. The van der Waals surface area contributed by atoms with E-state index in [4.69, 9.17) is 5.11 Å². The highest BCUT2D eigenvalue weighted by Gasteiger charge is 2.40. The minimum Gasteiger partial charge on any atom is -0.478 e. The fourth-order valence-corrected chi connectivity index (χ4v) is 6.40. The number of carboxylic acid groups (broad SMARTS) is 1. The van der Waals surface area contributed by atoms with Gasteiger partial charge in [-0.3, -0.25) is 4.79 Å². The predicted molar refractivity (Wildman–Crippen MR) is 151 cm³/mol. The Bertz CT molecular complexity index is 1460. The molecule has 1 saturated heterocycles. The molecule has 2 N–H and O–H groups in total. The maximum atomic E-state index is 14.5. The smallest absolute Gasteiger partial charge is 0.338 e. The average molecular weight is 568 g/mol. The van der Waals surface area contributed by atoms with Gasteiger partial charge in [-0.05, 0) is 59.9 Å². The third kappa shape index (κ3) is 6.51. The number of piperazine rings is 1. The van der Waals surface area contributed by atoms with E-state index < -0.39 is 39.3 Å². The number of nitrogens with one attached hydrogen (secondary N) is 1. The molecule has 0 spiro atoms. The van der Waals surface area contributed by atoms with Crippen molar-refractivity contribution in [2.24, 2.45) is 0 Å². The molecule has 0 bridgehead atoms. The number of sulfonamides is 1. The van der Waals surface area contributed by atoms with Gasteiger partial charge in [0.15, 0.2) is 0 Å². The van der Waals surface area contributed by atoms with Crippen LogP contribution >= 0.6 is 0 Å². The van der Waals surface area contributed by atoms with Gasteiger partial charge in [0.05, 0.1) is 10.5 Å². The van der Waals surface area contributed by atoms with Crippen LogP contribution in [0.4, 0.5) is 10.1 Å². The second-order valence-corrected chi connectivity index (χ2v) is 11.7. The van der Waals surface area contributed by atoms with Crippen molar-refractivity contribution in [2.45, 2.75) is 50.6 Å². The summed E-state index contributed by atoms with van der Waals surface area (Å²) >= 11 is 0. The summed E-state index contributed by atoms with van der Waals surface area (Å²) < 4.78 is 43.0. The van der Waals surface area contributed by atoms with Gasteiger partial charge in [0, 0.05) is 31.9 Å². The van der Waals surface area contributed by atoms with Crippen LogP contribution in [0.2, 0.25) is 0 Å². The SMILES string of the molecule is CCCc1ccc(CNC(=O)[C@H]2CN(c3ccc(C(=O)O)c(F)c3)CCN2S(=O)(=O)c2ccc(CC)cc2)cc1. The van der Waals surface area contributed by atoms with Gasteiger partial charge in [0.1, 0.15) is 11.9 Å². The fourth-order valence-electron chi connectivity index (χ4n) is 4.83. The molecular weight excluding hydrogens is 533 g/mol. The van der Waals surface area contributed by atoms with Gasteiger partial charge in [-0.2, -0.15) is 4.31 Å². The van der Waals surface area contributed by atoms with Crippen molar-refractivity contribution in [1.82, 2.24) is 9.62 Å². The van der Waals surface area contributed by atoms with E-state index in [0.29, 0.717) is 5.69 Å². The first-order valence-electron chi connectivity index (χ1n) is 13.4. The van der Waals surface area contributed by atoms with Gasteiger partial charge >= 0.3 is 5.97 Å². The third-order valence-corrected chi connectivity index (χ3v) is 9.07. The number of amides is 1. The Morgan fingerprint density at radius 3 is 2.20 bits per heavy atom. The molecular formula is C30H34FN3O5S. The normalized spacial score (nSPS) is 16.1. The van der Waals surface area contributed by atoms with Crippen LogP contribution in [0.3, 0.4) is 0 Å². The second-order valence-electron chi connectivity index (χ2n) is 9.83. The minimum absolute atomic E-state index is 0.00996. The van der Waals surface area contributed by atoms with E-state index in [1.165, 1.54) is 22.0 Å². The highest BCUT2D eigenvalue weighted by Crippen LogP contribution is 2.27. The van der Waals surface area contributed by atoms with E-state index in [2.05, 4.69) is 12.2 Å². The van der Waals surface area contributed by atoms with Gasteiger partial charge in [-0.15, -0.1) is 0 Å². The van der Waals surface area contributed by atoms with E-state index in [1.54, 1.807) is 29.2 Å². The van der Waals surface area contributed by atoms with Crippen LogP contribution in [0.15, 0.2) is 71.6 Å². The molecule has 1 fully saturated rings. The minimum atomic E-state index is -4.01. The van der Waals surface area contributed by atoms with Gasteiger partial charge in [-0.1, -0.05) is 56.7 Å². The van der Waals surface area contributed by atoms with Crippen LogP contribution < -0.4 is 10.2 Å². The molecule has 212 valence electrons. The molecule has 1 aliphatic rings. The van der Waals surface area contributed by atoms with Gasteiger partial charge in [0.2, 0.25) is 15.9 Å². The van der Waals surface area contributed by atoms with Crippen molar-refractivity contribution in [3.05, 3.63) is 94.8 Å². The Kier molecular flexibility index (Phi) is 9.21. The van der Waals surface area contributed by atoms with Gasteiger partial charge < -0.3 is 15.3 Å². The number of halogens is 1. The number of carbonyl (C=O) groups is 2. The number of nitrogens with zero attached hydrogens (tertiary/aromatic N) is 2. The standard InChI is InChI=1S/C30H34FN3O5S/c1-3-5-22-6-8-23(9-7-22)19-32-29(35)28-20-33(24-12-15-26(30(36)37)27(31)18-24)16-17-34(28)40(38,39)25-13-10-21(4-2)11-14-25/h6-15,18,28H,3-5,16-17,19-20H2,1-2H3,(H,32,35)(H,36,37)/t28-/m1/s1. The summed E-state index contributed by atoms with van der Waals surface area (Å²) in [4.78, 5) is 26.6. The van der Waals surface area contributed by atoms with Crippen molar-refractivity contribution in [1.29, 1.82) is 0 Å². The maximum Gasteiger partial charge on any atom is 0.338 e. The lowest BCUT2D eigenvalue weighted by atomic mass is 10.1. The quantitative estimate of drug-likeness (QED) is 0.380. The molecule has 0 saturated carbocycles. The van der Waals surface area contributed by atoms with Crippen LogP contribution in [-0.4, -0.2) is 55.4 Å². The molecule has 1 heterocycles. The zero-order chi connectivity index (χ0) is 28.9. The Morgan fingerprint density at radius 1 is 0.950 bits per heavy atom. The van der Waals surface area contributed by atoms with Crippen LogP contribution in [0.1, 0.15) is 47.3 Å².